The topological polar surface area (TPSA) is 38.5 Å². The third kappa shape index (κ3) is 3.39. The fourth-order valence-corrected chi connectivity index (χ4v) is 2.34. The molecule has 0 radical (unpaired) electrons. The third-order valence-corrected chi connectivity index (χ3v) is 3.05. The lowest BCUT2D eigenvalue weighted by atomic mass is 10.0. The minimum Gasteiger partial charge on any atom is -0.496 e. The Morgan fingerprint density at radius 2 is 1.83 bits per heavy atom. The highest BCUT2D eigenvalue weighted by Crippen LogP contribution is 2.33. The van der Waals surface area contributed by atoms with Crippen LogP contribution in [0, 0.1) is 0 Å². The molecule has 0 amide bonds. The van der Waals surface area contributed by atoms with Crippen LogP contribution in [0.1, 0.15) is 45.2 Å². The Morgan fingerprint density at radius 3 is 2.28 bits per heavy atom. The summed E-state index contributed by atoms with van der Waals surface area (Å²) >= 11 is 0. The SMILES string of the molecule is CCCN(CCC)c1cccc(OC)c1[C@H](C)N. The van der Waals surface area contributed by atoms with Crippen molar-refractivity contribution in [2.24, 2.45) is 5.73 Å². The molecule has 1 aromatic rings. The van der Waals surface area contributed by atoms with E-state index in [0.717, 1.165) is 37.2 Å². The van der Waals surface area contributed by atoms with E-state index in [2.05, 4.69) is 24.8 Å². The number of rotatable bonds is 7. The van der Waals surface area contributed by atoms with Crippen molar-refractivity contribution in [3.63, 3.8) is 0 Å². The van der Waals surface area contributed by atoms with E-state index >= 15 is 0 Å². The summed E-state index contributed by atoms with van der Waals surface area (Å²) in [6.45, 7) is 8.53. The van der Waals surface area contributed by atoms with Crippen molar-refractivity contribution in [3.05, 3.63) is 23.8 Å². The minimum atomic E-state index is -0.0210. The van der Waals surface area contributed by atoms with E-state index in [9.17, 15) is 0 Å². The Hall–Kier alpha value is -1.22. The van der Waals surface area contributed by atoms with Crippen LogP contribution in [0.3, 0.4) is 0 Å². The van der Waals surface area contributed by atoms with Gasteiger partial charge in [-0.1, -0.05) is 19.9 Å². The zero-order valence-electron chi connectivity index (χ0n) is 12.1. The van der Waals surface area contributed by atoms with E-state index < -0.39 is 0 Å². The van der Waals surface area contributed by atoms with Crippen LogP contribution in [0.4, 0.5) is 5.69 Å². The van der Waals surface area contributed by atoms with Gasteiger partial charge >= 0.3 is 0 Å². The van der Waals surface area contributed by atoms with Gasteiger partial charge in [-0.05, 0) is 31.9 Å². The number of hydrogen-bond acceptors (Lipinski definition) is 3. The Labute approximate surface area is 111 Å². The summed E-state index contributed by atoms with van der Waals surface area (Å²) in [7, 11) is 1.70. The molecular weight excluding hydrogens is 224 g/mol. The van der Waals surface area contributed by atoms with Crippen molar-refractivity contribution in [1.29, 1.82) is 0 Å². The second-order valence-corrected chi connectivity index (χ2v) is 4.67. The van der Waals surface area contributed by atoms with Crippen LogP contribution in [0.2, 0.25) is 0 Å². The third-order valence-electron chi connectivity index (χ3n) is 3.05. The summed E-state index contributed by atoms with van der Waals surface area (Å²) in [5, 5.41) is 0. The first-order valence-electron chi connectivity index (χ1n) is 6.83. The molecule has 1 rings (SSSR count). The summed E-state index contributed by atoms with van der Waals surface area (Å²) in [4.78, 5) is 2.40. The molecule has 0 fully saturated rings. The van der Waals surface area contributed by atoms with Crippen molar-refractivity contribution in [3.8, 4) is 5.75 Å². The van der Waals surface area contributed by atoms with Gasteiger partial charge in [-0.2, -0.15) is 0 Å². The summed E-state index contributed by atoms with van der Waals surface area (Å²) < 4.78 is 5.45. The molecule has 0 unspecified atom stereocenters. The van der Waals surface area contributed by atoms with Gasteiger partial charge in [0.15, 0.2) is 0 Å². The van der Waals surface area contributed by atoms with Crippen LogP contribution >= 0.6 is 0 Å². The van der Waals surface area contributed by atoms with Gasteiger partial charge in [0.25, 0.3) is 0 Å². The maximum Gasteiger partial charge on any atom is 0.125 e. The molecule has 0 bridgehead atoms. The molecule has 0 saturated carbocycles. The van der Waals surface area contributed by atoms with Crippen molar-refractivity contribution in [1.82, 2.24) is 0 Å². The predicted octanol–water partition coefficient (Wildman–Crippen LogP) is 3.34. The number of benzene rings is 1. The highest BCUT2D eigenvalue weighted by molar-refractivity contribution is 5.60. The van der Waals surface area contributed by atoms with E-state index in [4.69, 9.17) is 10.5 Å². The fraction of sp³-hybridized carbons (Fsp3) is 0.600. The Morgan fingerprint density at radius 1 is 1.22 bits per heavy atom. The molecule has 1 atom stereocenters. The van der Waals surface area contributed by atoms with Gasteiger partial charge in [-0.3, -0.25) is 0 Å². The van der Waals surface area contributed by atoms with Gasteiger partial charge in [0.1, 0.15) is 5.75 Å². The quantitative estimate of drug-likeness (QED) is 0.806. The highest BCUT2D eigenvalue weighted by Gasteiger charge is 2.17. The van der Waals surface area contributed by atoms with Gasteiger partial charge in [-0.15, -0.1) is 0 Å². The minimum absolute atomic E-state index is 0.0210. The molecule has 0 aliphatic heterocycles. The van der Waals surface area contributed by atoms with Gasteiger partial charge < -0.3 is 15.4 Å². The average Bonchev–Trinajstić information content (AvgIpc) is 2.37. The highest BCUT2D eigenvalue weighted by atomic mass is 16.5. The molecule has 0 spiro atoms. The van der Waals surface area contributed by atoms with Crippen molar-refractivity contribution >= 4 is 5.69 Å². The monoisotopic (exact) mass is 250 g/mol. The molecule has 0 heterocycles. The van der Waals surface area contributed by atoms with E-state index in [0.29, 0.717) is 0 Å². The molecule has 2 N–H and O–H groups in total. The second kappa shape index (κ2) is 7.27. The molecule has 0 aliphatic carbocycles. The van der Waals surface area contributed by atoms with Crippen LogP contribution in [-0.4, -0.2) is 20.2 Å². The first kappa shape index (κ1) is 14.8. The Bertz CT molecular complexity index is 358. The molecule has 0 saturated heterocycles. The number of hydrogen-bond donors (Lipinski definition) is 1. The lowest BCUT2D eigenvalue weighted by Crippen LogP contribution is -2.27. The summed E-state index contributed by atoms with van der Waals surface area (Å²) in [6, 6.07) is 6.15. The summed E-state index contributed by atoms with van der Waals surface area (Å²) in [5.41, 5.74) is 8.44. The molecule has 3 nitrogen and oxygen atoms in total. The maximum absolute atomic E-state index is 6.11. The van der Waals surface area contributed by atoms with Crippen LogP contribution in [0.5, 0.6) is 5.75 Å². The zero-order valence-corrected chi connectivity index (χ0v) is 12.1. The normalized spacial score (nSPS) is 12.3. The lowest BCUT2D eigenvalue weighted by molar-refractivity contribution is 0.407. The summed E-state index contributed by atoms with van der Waals surface area (Å²) in [6.07, 6.45) is 2.27. The van der Waals surface area contributed by atoms with E-state index in [1.807, 2.05) is 19.1 Å². The van der Waals surface area contributed by atoms with E-state index in [1.54, 1.807) is 7.11 Å². The standard InChI is InChI=1S/C15H26N2O/c1-5-10-17(11-6-2)13-8-7-9-14(18-4)15(13)12(3)16/h7-9,12H,5-6,10-11,16H2,1-4H3/t12-/m0/s1. The Balaban J connectivity index is 3.18. The number of anilines is 1. The molecular formula is C15H26N2O. The van der Waals surface area contributed by atoms with Crippen LogP contribution < -0.4 is 15.4 Å². The molecule has 1 aromatic carbocycles. The fourth-order valence-electron chi connectivity index (χ4n) is 2.34. The number of ether oxygens (including phenoxy) is 1. The van der Waals surface area contributed by atoms with Crippen molar-refractivity contribution in [2.75, 3.05) is 25.1 Å². The number of nitrogens with zero attached hydrogens (tertiary/aromatic N) is 1. The molecule has 18 heavy (non-hydrogen) atoms. The molecule has 0 aromatic heterocycles. The first-order chi connectivity index (χ1) is 8.65. The maximum atomic E-state index is 6.11. The Kier molecular flexibility index (Phi) is 5.99. The van der Waals surface area contributed by atoms with Gasteiger partial charge in [0.2, 0.25) is 0 Å². The molecule has 0 aliphatic rings. The van der Waals surface area contributed by atoms with Crippen molar-refractivity contribution < 1.29 is 4.74 Å². The lowest BCUT2D eigenvalue weighted by Gasteiger charge is -2.28. The number of methoxy groups -OCH3 is 1. The zero-order chi connectivity index (χ0) is 13.5. The largest absolute Gasteiger partial charge is 0.496 e. The first-order valence-corrected chi connectivity index (χ1v) is 6.83. The molecule has 3 heteroatoms. The predicted molar refractivity (Wildman–Crippen MR) is 78.4 cm³/mol. The van der Waals surface area contributed by atoms with Crippen LogP contribution in [0.15, 0.2) is 18.2 Å². The average molecular weight is 250 g/mol. The second-order valence-electron chi connectivity index (χ2n) is 4.67. The smallest absolute Gasteiger partial charge is 0.125 e. The van der Waals surface area contributed by atoms with E-state index in [1.165, 1.54) is 5.69 Å². The van der Waals surface area contributed by atoms with Gasteiger partial charge in [0, 0.05) is 30.4 Å². The van der Waals surface area contributed by atoms with Gasteiger partial charge in [-0.25, -0.2) is 0 Å². The van der Waals surface area contributed by atoms with Crippen LogP contribution in [-0.2, 0) is 0 Å². The van der Waals surface area contributed by atoms with Crippen molar-refractivity contribution in [2.45, 2.75) is 39.7 Å². The summed E-state index contributed by atoms with van der Waals surface area (Å²) in [5.74, 6) is 0.889. The van der Waals surface area contributed by atoms with E-state index in [-0.39, 0.29) is 6.04 Å². The number of nitrogens with two attached hydrogens (primary N) is 1. The van der Waals surface area contributed by atoms with Gasteiger partial charge in [0.05, 0.1) is 7.11 Å². The van der Waals surface area contributed by atoms with Crippen LogP contribution in [0.25, 0.3) is 0 Å². The molecule has 102 valence electrons.